The summed E-state index contributed by atoms with van der Waals surface area (Å²) in [7, 11) is 0. The molecule has 0 atom stereocenters. The molecular weight excluding hydrogens is 274 g/mol. The Morgan fingerprint density at radius 3 is 2.55 bits per heavy atom. The van der Waals surface area contributed by atoms with E-state index in [-0.39, 0.29) is 5.78 Å². The van der Waals surface area contributed by atoms with Gasteiger partial charge in [0.2, 0.25) is 0 Å². The van der Waals surface area contributed by atoms with Gasteiger partial charge in [-0.2, -0.15) is 10.4 Å². The van der Waals surface area contributed by atoms with Crippen molar-refractivity contribution >= 4 is 5.78 Å². The van der Waals surface area contributed by atoms with Gasteiger partial charge < -0.3 is 0 Å². The lowest BCUT2D eigenvalue weighted by molar-refractivity contribution is 0.0969. The van der Waals surface area contributed by atoms with Crippen LogP contribution in [-0.4, -0.2) is 15.6 Å². The molecule has 0 saturated heterocycles. The fraction of sp³-hybridized carbons (Fsp3) is 0.389. The topological polar surface area (TPSA) is 58.7 Å². The summed E-state index contributed by atoms with van der Waals surface area (Å²) in [5, 5.41) is 13.6. The molecule has 0 aliphatic heterocycles. The Bertz CT molecular complexity index is 746. The highest BCUT2D eigenvalue weighted by Gasteiger charge is 2.28. The van der Waals surface area contributed by atoms with Crippen molar-refractivity contribution in [3.63, 3.8) is 0 Å². The monoisotopic (exact) mass is 293 g/mol. The summed E-state index contributed by atoms with van der Waals surface area (Å²) < 4.78 is 1.94. The minimum absolute atomic E-state index is 0.150. The van der Waals surface area contributed by atoms with Crippen LogP contribution in [0.2, 0.25) is 0 Å². The first-order valence-corrected chi connectivity index (χ1v) is 7.78. The summed E-state index contributed by atoms with van der Waals surface area (Å²) in [6.45, 7) is 3.86. The van der Waals surface area contributed by atoms with Crippen LogP contribution in [0.3, 0.4) is 0 Å². The van der Waals surface area contributed by atoms with Crippen LogP contribution in [0.25, 0.3) is 11.3 Å². The average Bonchev–Trinajstić information content (AvgIpc) is 2.82. The maximum atomic E-state index is 12.3. The maximum absolute atomic E-state index is 12.3. The zero-order valence-corrected chi connectivity index (χ0v) is 13.0. The molecule has 22 heavy (non-hydrogen) atoms. The Balaban J connectivity index is 2.09. The smallest absolute Gasteiger partial charge is 0.180 e. The Kier molecular flexibility index (Phi) is 3.81. The van der Waals surface area contributed by atoms with Crippen molar-refractivity contribution < 1.29 is 4.79 Å². The van der Waals surface area contributed by atoms with Crippen molar-refractivity contribution in [3.05, 3.63) is 41.1 Å². The minimum Gasteiger partial charge on any atom is -0.292 e. The van der Waals surface area contributed by atoms with Crippen LogP contribution in [0.5, 0.6) is 0 Å². The Hall–Kier alpha value is -2.41. The van der Waals surface area contributed by atoms with Crippen LogP contribution in [0.1, 0.15) is 60.3 Å². The van der Waals surface area contributed by atoms with Crippen molar-refractivity contribution in [3.8, 4) is 17.3 Å². The molecule has 3 rings (SSSR count). The van der Waals surface area contributed by atoms with Gasteiger partial charge in [0.25, 0.3) is 0 Å². The number of benzene rings is 1. The summed E-state index contributed by atoms with van der Waals surface area (Å²) in [6, 6.07) is 9.86. The van der Waals surface area contributed by atoms with Crippen LogP contribution in [0.15, 0.2) is 24.3 Å². The van der Waals surface area contributed by atoms with Gasteiger partial charge in [-0.05, 0) is 38.3 Å². The van der Waals surface area contributed by atoms with E-state index in [0.29, 0.717) is 18.0 Å². The molecule has 0 spiro atoms. The molecule has 1 fully saturated rings. The normalized spacial score (nSPS) is 14.4. The molecule has 1 aliphatic carbocycles. The molecule has 0 amide bonds. The highest BCUT2D eigenvalue weighted by molar-refractivity contribution is 5.97. The number of carbonyl (C=O) groups is 1. The van der Waals surface area contributed by atoms with Crippen molar-refractivity contribution in [2.75, 3.05) is 0 Å². The van der Waals surface area contributed by atoms with E-state index in [1.807, 2.05) is 30.7 Å². The molecule has 1 saturated carbocycles. The number of hydrogen-bond donors (Lipinski definition) is 0. The van der Waals surface area contributed by atoms with E-state index < -0.39 is 0 Å². The molecule has 0 radical (unpaired) electrons. The number of nitrogens with zero attached hydrogens (tertiary/aromatic N) is 3. The standard InChI is InChI=1S/C18H19N3O/c1-3-16(22)18-12(2)17(20-21(18)15-5-4-6-15)14-9-7-13(11-19)8-10-14/h7-10,15H,3-6H2,1-2H3. The van der Waals surface area contributed by atoms with Crippen molar-refractivity contribution in [2.45, 2.75) is 45.6 Å². The predicted molar refractivity (Wildman–Crippen MR) is 84.6 cm³/mol. The fourth-order valence-corrected chi connectivity index (χ4v) is 2.89. The molecule has 1 heterocycles. The van der Waals surface area contributed by atoms with E-state index in [0.717, 1.165) is 35.4 Å². The number of aromatic nitrogens is 2. The van der Waals surface area contributed by atoms with E-state index in [9.17, 15) is 4.79 Å². The van der Waals surface area contributed by atoms with Crippen molar-refractivity contribution in [2.24, 2.45) is 0 Å². The van der Waals surface area contributed by atoms with E-state index >= 15 is 0 Å². The van der Waals surface area contributed by atoms with Gasteiger partial charge in [0, 0.05) is 17.5 Å². The Morgan fingerprint density at radius 1 is 1.36 bits per heavy atom. The van der Waals surface area contributed by atoms with Crippen molar-refractivity contribution in [1.29, 1.82) is 5.26 Å². The van der Waals surface area contributed by atoms with Crippen LogP contribution in [0, 0.1) is 18.3 Å². The zero-order valence-electron chi connectivity index (χ0n) is 13.0. The van der Waals surface area contributed by atoms with Gasteiger partial charge >= 0.3 is 0 Å². The molecule has 112 valence electrons. The molecular formula is C18H19N3O. The van der Waals surface area contributed by atoms with E-state index in [1.54, 1.807) is 12.1 Å². The molecule has 4 heteroatoms. The van der Waals surface area contributed by atoms with Gasteiger partial charge in [-0.25, -0.2) is 0 Å². The van der Waals surface area contributed by atoms with Gasteiger partial charge in [0.1, 0.15) is 5.69 Å². The third-order valence-corrected chi connectivity index (χ3v) is 4.44. The molecule has 0 unspecified atom stereocenters. The molecule has 0 bridgehead atoms. The number of rotatable bonds is 4. The van der Waals surface area contributed by atoms with Gasteiger partial charge in [0.05, 0.1) is 23.4 Å². The Morgan fingerprint density at radius 2 is 2.05 bits per heavy atom. The fourth-order valence-electron chi connectivity index (χ4n) is 2.89. The lowest BCUT2D eigenvalue weighted by atomic mass is 9.92. The van der Waals surface area contributed by atoms with E-state index in [1.165, 1.54) is 6.42 Å². The molecule has 2 aromatic rings. The highest BCUT2D eigenvalue weighted by atomic mass is 16.1. The van der Waals surface area contributed by atoms with Gasteiger partial charge in [-0.1, -0.05) is 19.1 Å². The number of hydrogen-bond acceptors (Lipinski definition) is 3. The van der Waals surface area contributed by atoms with Crippen molar-refractivity contribution in [1.82, 2.24) is 9.78 Å². The second-order valence-electron chi connectivity index (χ2n) is 5.82. The minimum atomic E-state index is 0.150. The number of nitriles is 1. The van der Waals surface area contributed by atoms with Crippen LogP contribution >= 0.6 is 0 Å². The van der Waals surface area contributed by atoms with Crippen LogP contribution < -0.4 is 0 Å². The largest absolute Gasteiger partial charge is 0.292 e. The molecule has 4 nitrogen and oxygen atoms in total. The van der Waals surface area contributed by atoms with Gasteiger partial charge in [0.15, 0.2) is 5.78 Å². The first-order valence-electron chi connectivity index (χ1n) is 7.78. The second kappa shape index (κ2) is 5.76. The molecule has 1 aromatic heterocycles. The van der Waals surface area contributed by atoms with Crippen LogP contribution in [-0.2, 0) is 0 Å². The average molecular weight is 293 g/mol. The zero-order chi connectivity index (χ0) is 15.7. The Labute approximate surface area is 130 Å². The van der Waals surface area contributed by atoms with E-state index in [4.69, 9.17) is 10.4 Å². The summed E-state index contributed by atoms with van der Waals surface area (Å²) >= 11 is 0. The van der Waals surface area contributed by atoms with Gasteiger partial charge in [-0.3, -0.25) is 9.48 Å². The molecule has 1 aliphatic rings. The quantitative estimate of drug-likeness (QED) is 0.799. The maximum Gasteiger partial charge on any atom is 0.180 e. The third-order valence-electron chi connectivity index (χ3n) is 4.44. The number of carbonyl (C=O) groups excluding carboxylic acids is 1. The first-order chi connectivity index (χ1) is 10.7. The predicted octanol–water partition coefficient (Wildman–Crippen LogP) is 4.05. The summed E-state index contributed by atoms with van der Waals surface area (Å²) in [5.41, 5.74) is 4.15. The van der Waals surface area contributed by atoms with E-state index in [2.05, 4.69) is 6.07 Å². The number of ketones is 1. The molecule has 0 N–H and O–H groups in total. The first kappa shape index (κ1) is 14.5. The third kappa shape index (κ3) is 2.33. The van der Waals surface area contributed by atoms with Crippen LogP contribution in [0.4, 0.5) is 0 Å². The summed E-state index contributed by atoms with van der Waals surface area (Å²) in [5.74, 6) is 0.150. The van der Waals surface area contributed by atoms with Gasteiger partial charge in [-0.15, -0.1) is 0 Å². The number of Topliss-reactive ketones (excluding diaryl/α,β-unsaturated/α-hetero) is 1. The summed E-state index contributed by atoms with van der Waals surface area (Å²) in [6.07, 6.45) is 3.89. The SMILES string of the molecule is CCC(=O)c1c(C)c(-c2ccc(C#N)cc2)nn1C1CCC1. The summed E-state index contributed by atoms with van der Waals surface area (Å²) in [4.78, 5) is 12.3. The lowest BCUT2D eigenvalue weighted by Gasteiger charge is -2.27. The second-order valence-corrected chi connectivity index (χ2v) is 5.82. The lowest BCUT2D eigenvalue weighted by Crippen LogP contribution is -2.22. The highest BCUT2D eigenvalue weighted by Crippen LogP contribution is 2.36. The molecule has 1 aromatic carbocycles.